The van der Waals surface area contributed by atoms with Crippen LogP contribution in [-0.2, 0) is 0 Å². The van der Waals surface area contributed by atoms with Crippen LogP contribution in [0.5, 0.6) is 0 Å². The minimum absolute atomic E-state index is 0.130. The molecule has 0 bridgehead atoms. The lowest BCUT2D eigenvalue weighted by Gasteiger charge is -2.11. The van der Waals surface area contributed by atoms with Crippen LogP contribution in [0, 0.1) is 6.92 Å². The number of hydrogen-bond donors (Lipinski definition) is 1. The van der Waals surface area contributed by atoms with E-state index in [1.165, 1.54) is 0 Å². The highest BCUT2D eigenvalue weighted by molar-refractivity contribution is 5.93. The molecule has 7 heteroatoms. The number of aromatic nitrogens is 2. The number of amides is 1. The Morgan fingerprint density at radius 3 is 2.55 bits per heavy atom. The minimum atomic E-state index is -0.454. The molecule has 0 aliphatic carbocycles. The van der Waals surface area contributed by atoms with Gasteiger partial charge in [0.25, 0.3) is 5.91 Å². The van der Waals surface area contributed by atoms with E-state index in [-0.39, 0.29) is 5.69 Å². The van der Waals surface area contributed by atoms with Gasteiger partial charge in [-0.2, -0.15) is 5.10 Å². The number of nitrogens with zero attached hydrogens (tertiary/aromatic N) is 4. The van der Waals surface area contributed by atoms with E-state index in [4.69, 9.17) is 0 Å². The van der Waals surface area contributed by atoms with Crippen LogP contribution in [0.1, 0.15) is 21.7 Å². The molecule has 2 aromatic rings. The van der Waals surface area contributed by atoms with Crippen molar-refractivity contribution in [2.75, 3.05) is 19.0 Å². The zero-order valence-electron chi connectivity index (χ0n) is 11.5. The summed E-state index contributed by atoms with van der Waals surface area (Å²) < 4.78 is 4.45. The van der Waals surface area contributed by atoms with Gasteiger partial charge < -0.3 is 4.90 Å². The third-order valence-electron chi connectivity index (χ3n) is 2.66. The van der Waals surface area contributed by atoms with Crippen molar-refractivity contribution >= 4 is 17.8 Å². The van der Waals surface area contributed by atoms with E-state index in [0.29, 0.717) is 5.69 Å². The van der Waals surface area contributed by atoms with E-state index in [0.717, 1.165) is 11.3 Å². The van der Waals surface area contributed by atoms with Crippen molar-refractivity contribution < 1.29 is 9.42 Å². The zero-order valence-corrected chi connectivity index (χ0v) is 11.5. The van der Waals surface area contributed by atoms with E-state index in [9.17, 15) is 4.79 Å². The van der Waals surface area contributed by atoms with E-state index >= 15 is 0 Å². The summed E-state index contributed by atoms with van der Waals surface area (Å²) in [4.78, 5) is 13.7. The lowest BCUT2D eigenvalue weighted by Crippen LogP contribution is -2.19. The molecule has 1 amide bonds. The maximum absolute atomic E-state index is 11.7. The normalized spacial score (nSPS) is 10.8. The molecule has 1 heterocycles. The molecule has 7 nitrogen and oxygen atoms in total. The van der Waals surface area contributed by atoms with Gasteiger partial charge in [-0.1, -0.05) is 17.3 Å². The number of hydrogen-bond acceptors (Lipinski definition) is 6. The van der Waals surface area contributed by atoms with Gasteiger partial charge in [0.15, 0.2) is 5.69 Å². The Morgan fingerprint density at radius 2 is 2.00 bits per heavy atom. The molecular weight excluding hydrogens is 258 g/mol. The summed E-state index contributed by atoms with van der Waals surface area (Å²) in [6, 6.07) is 7.76. The first kappa shape index (κ1) is 13.7. The van der Waals surface area contributed by atoms with Crippen molar-refractivity contribution in [3.63, 3.8) is 0 Å². The lowest BCUT2D eigenvalue weighted by atomic mass is 10.2. The van der Waals surface area contributed by atoms with Gasteiger partial charge in [0, 0.05) is 19.8 Å². The van der Waals surface area contributed by atoms with Crippen LogP contribution >= 0.6 is 0 Å². The Kier molecular flexibility index (Phi) is 4.09. The first-order valence-electron chi connectivity index (χ1n) is 5.98. The predicted octanol–water partition coefficient (Wildman–Crippen LogP) is 1.21. The summed E-state index contributed by atoms with van der Waals surface area (Å²) in [7, 11) is 3.94. The molecule has 104 valence electrons. The van der Waals surface area contributed by atoms with Gasteiger partial charge in [-0.05, 0) is 29.8 Å². The van der Waals surface area contributed by atoms with Crippen molar-refractivity contribution in [2.45, 2.75) is 6.92 Å². The molecule has 0 aliphatic rings. The van der Waals surface area contributed by atoms with E-state index in [2.05, 4.69) is 25.5 Å². The fraction of sp³-hybridized carbons (Fsp3) is 0.231. The zero-order chi connectivity index (χ0) is 14.5. The third kappa shape index (κ3) is 3.19. The van der Waals surface area contributed by atoms with Crippen LogP contribution in [-0.4, -0.2) is 36.5 Å². The number of hydrazone groups is 1. The van der Waals surface area contributed by atoms with Crippen LogP contribution < -0.4 is 10.3 Å². The number of benzene rings is 1. The fourth-order valence-corrected chi connectivity index (χ4v) is 1.51. The molecule has 0 atom stereocenters. The Balaban J connectivity index is 1.96. The highest BCUT2D eigenvalue weighted by Crippen LogP contribution is 2.10. The molecule has 0 aliphatic heterocycles. The number of nitrogens with one attached hydrogen (secondary N) is 1. The first-order valence-corrected chi connectivity index (χ1v) is 5.98. The second-order valence-electron chi connectivity index (χ2n) is 4.38. The molecule has 0 spiro atoms. The van der Waals surface area contributed by atoms with E-state index < -0.39 is 5.91 Å². The Labute approximate surface area is 116 Å². The van der Waals surface area contributed by atoms with Gasteiger partial charge >= 0.3 is 0 Å². The van der Waals surface area contributed by atoms with Crippen LogP contribution in [0.2, 0.25) is 0 Å². The molecule has 0 fully saturated rings. The van der Waals surface area contributed by atoms with Crippen molar-refractivity contribution in [1.29, 1.82) is 0 Å². The second kappa shape index (κ2) is 5.96. The Morgan fingerprint density at radius 1 is 1.30 bits per heavy atom. The number of rotatable bonds is 4. The molecule has 1 N–H and O–H groups in total. The number of carbonyl (C=O) groups excluding carboxylic acids is 1. The SMILES string of the molecule is Cc1nonc1C(=O)N/N=C\c1ccc(N(C)C)cc1. The maximum atomic E-state index is 11.7. The van der Waals surface area contributed by atoms with E-state index in [1.807, 2.05) is 43.3 Å². The molecule has 0 saturated carbocycles. The topological polar surface area (TPSA) is 83.6 Å². The van der Waals surface area contributed by atoms with Crippen LogP contribution in [0.4, 0.5) is 5.69 Å². The van der Waals surface area contributed by atoms with Gasteiger partial charge in [-0.25, -0.2) is 10.1 Å². The van der Waals surface area contributed by atoms with Crippen molar-refractivity contribution in [2.24, 2.45) is 5.10 Å². The molecule has 0 radical (unpaired) electrons. The minimum Gasteiger partial charge on any atom is -0.378 e. The first-order chi connectivity index (χ1) is 9.58. The largest absolute Gasteiger partial charge is 0.378 e. The quantitative estimate of drug-likeness (QED) is 0.668. The van der Waals surface area contributed by atoms with Crippen molar-refractivity contribution in [3.8, 4) is 0 Å². The highest BCUT2D eigenvalue weighted by atomic mass is 16.6. The standard InChI is InChI=1S/C13H15N5O2/c1-9-12(17-20-16-9)13(19)15-14-8-10-4-6-11(7-5-10)18(2)3/h4-8H,1-3H3,(H,15,19)/b14-8-. The smallest absolute Gasteiger partial charge is 0.295 e. The van der Waals surface area contributed by atoms with Crippen LogP contribution in [0.15, 0.2) is 34.0 Å². The molecule has 1 aromatic carbocycles. The van der Waals surface area contributed by atoms with Crippen molar-refractivity contribution in [3.05, 3.63) is 41.2 Å². The monoisotopic (exact) mass is 273 g/mol. The Hall–Kier alpha value is -2.70. The van der Waals surface area contributed by atoms with Gasteiger partial charge in [-0.3, -0.25) is 4.79 Å². The summed E-state index contributed by atoms with van der Waals surface area (Å²) in [5.41, 5.74) is 4.90. The summed E-state index contributed by atoms with van der Waals surface area (Å²) in [5, 5.41) is 10.9. The molecule has 1 aromatic heterocycles. The summed E-state index contributed by atoms with van der Waals surface area (Å²) in [5.74, 6) is -0.454. The number of aryl methyl sites for hydroxylation is 1. The van der Waals surface area contributed by atoms with Crippen LogP contribution in [0.3, 0.4) is 0 Å². The summed E-state index contributed by atoms with van der Waals surface area (Å²) in [6.45, 7) is 1.63. The van der Waals surface area contributed by atoms with Gasteiger partial charge in [-0.15, -0.1) is 0 Å². The maximum Gasteiger partial charge on any atom is 0.295 e. The van der Waals surface area contributed by atoms with E-state index in [1.54, 1.807) is 13.1 Å². The average molecular weight is 273 g/mol. The molecule has 0 saturated heterocycles. The Bertz CT molecular complexity index is 616. The summed E-state index contributed by atoms with van der Waals surface area (Å²) in [6.07, 6.45) is 1.56. The molecule has 20 heavy (non-hydrogen) atoms. The lowest BCUT2D eigenvalue weighted by molar-refractivity contribution is 0.0945. The molecular formula is C13H15N5O2. The third-order valence-corrected chi connectivity index (χ3v) is 2.66. The van der Waals surface area contributed by atoms with Gasteiger partial charge in [0.1, 0.15) is 5.69 Å². The second-order valence-corrected chi connectivity index (χ2v) is 4.38. The average Bonchev–Trinajstić information content (AvgIpc) is 2.85. The summed E-state index contributed by atoms with van der Waals surface area (Å²) >= 11 is 0. The fourth-order valence-electron chi connectivity index (χ4n) is 1.51. The van der Waals surface area contributed by atoms with Crippen LogP contribution in [0.25, 0.3) is 0 Å². The number of anilines is 1. The van der Waals surface area contributed by atoms with Crippen molar-refractivity contribution in [1.82, 2.24) is 15.7 Å². The highest BCUT2D eigenvalue weighted by Gasteiger charge is 2.13. The predicted molar refractivity (Wildman–Crippen MR) is 74.9 cm³/mol. The number of carbonyl (C=O) groups is 1. The molecule has 0 unspecified atom stereocenters. The van der Waals surface area contributed by atoms with Gasteiger partial charge in [0.2, 0.25) is 0 Å². The molecule has 2 rings (SSSR count). The van der Waals surface area contributed by atoms with Gasteiger partial charge in [0.05, 0.1) is 6.21 Å².